The molecule has 41 heteroatoms. The molecule has 0 aliphatic heterocycles. The first-order valence-corrected chi connectivity index (χ1v) is 33.3. The summed E-state index contributed by atoms with van der Waals surface area (Å²) < 4.78 is 151. The summed E-state index contributed by atoms with van der Waals surface area (Å²) in [4.78, 5) is 44.1. The van der Waals surface area contributed by atoms with Crippen LogP contribution in [-0.2, 0) is 23.8 Å². The number of H-pyrrole nitrogens is 4. The molecule has 0 saturated carbocycles. The summed E-state index contributed by atoms with van der Waals surface area (Å²) in [5.74, 6) is -1.95. The molecule has 12 rings (SSSR count). The second kappa shape index (κ2) is 36.6. The van der Waals surface area contributed by atoms with Gasteiger partial charge in [0.15, 0.2) is 23.3 Å². The van der Waals surface area contributed by atoms with Gasteiger partial charge in [0.25, 0.3) is 0 Å². The van der Waals surface area contributed by atoms with E-state index in [0.29, 0.717) is 63.5 Å². The first kappa shape index (κ1) is 80.4. The van der Waals surface area contributed by atoms with Gasteiger partial charge in [-0.3, -0.25) is 20.4 Å². The maximum absolute atomic E-state index is 14.0. The molecule has 578 valence electrons. The Balaban J connectivity index is 0.000000169. The number of anilines is 16. The lowest BCUT2D eigenvalue weighted by Gasteiger charge is -2.16. The third-order valence-corrected chi connectivity index (χ3v) is 15.3. The van der Waals surface area contributed by atoms with Crippen molar-refractivity contribution in [3.05, 3.63) is 213 Å². The van der Waals surface area contributed by atoms with Gasteiger partial charge in [0.1, 0.15) is 104 Å². The van der Waals surface area contributed by atoms with Crippen molar-refractivity contribution in [1.82, 2.24) is 80.7 Å². The Morgan fingerprint density at radius 2 is 0.691 bits per heavy atom. The Morgan fingerprint density at radius 1 is 0.391 bits per heavy atom. The molecule has 30 nitrogen and oxygen atoms in total. The van der Waals surface area contributed by atoms with Gasteiger partial charge in [-0.2, -0.15) is 73.4 Å². The molecule has 8 aromatic heterocycles. The number of halogens is 11. The number of nitrogen functional groups attached to an aromatic ring is 4. The maximum atomic E-state index is 14.0. The van der Waals surface area contributed by atoms with Gasteiger partial charge in [-0.1, -0.05) is 44.5 Å². The van der Waals surface area contributed by atoms with Crippen LogP contribution < -0.4 is 65.5 Å². The summed E-state index contributed by atoms with van der Waals surface area (Å²) >= 11 is 0. The number of nitrogens with two attached hydrogens (primary N) is 4. The molecule has 4 aromatic carbocycles. The lowest BCUT2D eigenvalue weighted by atomic mass is 10.1. The van der Waals surface area contributed by atoms with Crippen LogP contribution in [0.2, 0.25) is 0 Å². The van der Waals surface area contributed by atoms with Crippen molar-refractivity contribution in [3.8, 4) is 0 Å². The largest absolute Gasteiger partial charge is 0.461 e. The van der Waals surface area contributed by atoms with Crippen molar-refractivity contribution < 1.29 is 57.8 Å². The molecule has 4 atom stereocenters. The topological polar surface area (TPSA) is 444 Å². The number of hydrogen-bond donors (Lipinski definition) is 16. The number of nitrogens with zero attached hydrogens (tertiary/aromatic N) is 12. The Bertz CT molecular complexity index is 5100. The van der Waals surface area contributed by atoms with Crippen LogP contribution in [0.15, 0.2) is 121 Å². The third kappa shape index (κ3) is 23.2. The molecule has 0 aliphatic carbocycles. The van der Waals surface area contributed by atoms with E-state index in [9.17, 15) is 53.1 Å². The van der Waals surface area contributed by atoms with E-state index in [-0.39, 0.29) is 64.7 Å². The fourth-order valence-corrected chi connectivity index (χ4v) is 10.2. The van der Waals surface area contributed by atoms with E-state index in [4.69, 9.17) is 27.7 Å². The summed E-state index contributed by atoms with van der Waals surface area (Å²) in [6.45, 7) is 12.8. The number of benzene rings is 4. The number of aryl methyl sites for hydroxylation is 2. The highest BCUT2D eigenvalue weighted by atomic mass is 19.4. The Hall–Kier alpha value is -13.7. The smallest absolute Gasteiger partial charge is 0.432 e. The summed E-state index contributed by atoms with van der Waals surface area (Å²) in [5.41, 5.74) is 25.1. The molecule has 20 N–H and O–H groups in total. The number of carbonyl (C=O) groups excluding carboxylic acids is 1. The molecular weight excluding hydrogens is 1460 g/mol. The minimum atomic E-state index is -4.57. The van der Waals surface area contributed by atoms with Gasteiger partial charge in [-0.15, -0.1) is 0 Å². The second-order valence-corrected chi connectivity index (χ2v) is 23.8. The van der Waals surface area contributed by atoms with Crippen LogP contribution in [0.1, 0.15) is 129 Å². The Morgan fingerprint density at radius 3 is 0.991 bits per heavy atom. The summed E-state index contributed by atoms with van der Waals surface area (Å²) in [5, 5.41) is 49.5. The highest BCUT2D eigenvalue weighted by Gasteiger charge is 2.33. The zero-order chi connectivity index (χ0) is 79.5. The zero-order valence-electron chi connectivity index (χ0n) is 59.3. The van der Waals surface area contributed by atoms with E-state index in [0.717, 1.165) is 67.0 Å². The summed E-state index contributed by atoms with van der Waals surface area (Å²) in [6.07, 6.45) is -1.84. The second-order valence-electron chi connectivity index (χ2n) is 23.8. The number of rotatable bonds is 25. The maximum Gasteiger partial charge on any atom is 0.432 e. The van der Waals surface area contributed by atoms with Crippen LogP contribution in [0, 0.1) is 46.5 Å². The van der Waals surface area contributed by atoms with Gasteiger partial charge in [0.05, 0.1) is 30.8 Å². The summed E-state index contributed by atoms with van der Waals surface area (Å²) in [7, 11) is 0. The molecule has 0 fully saturated rings. The molecular formula is C69H73F11N28O2. The van der Waals surface area contributed by atoms with Gasteiger partial charge in [-0.05, 0) is 71.7 Å². The van der Waals surface area contributed by atoms with Crippen molar-refractivity contribution in [1.29, 1.82) is 0 Å². The molecule has 0 spiro atoms. The SMILES string of the molecule is CC(Nc1cc(Nc2cc(C(F)(F)F)[nH]n2)nc(N)n1)c1ccc(F)cc1F.CCCc1cc(Nc2cc(NC(C)c3ccc(F)cc3F)nc(N)n2)n[nH]1.CCOC(=O)c1cc(Nc2cc(NC(C)c3ccc(F)cc3F)nc(N)n2)n[nH]1.CCc1cc(Nc2cc(NC(C)c3ccc(F)cc3F)nc(N)n2)n[nH]1. The van der Waals surface area contributed by atoms with Gasteiger partial charge in [-0.25, -0.2) is 39.9 Å². The monoisotopic (exact) mass is 1530 g/mol. The number of hydrogen-bond acceptors (Lipinski definition) is 26. The van der Waals surface area contributed by atoms with E-state index in [2.05, 4.69) is 125 Å². The predicted molar refractivity (Wildman–Crippen MR) is 391 cm³/mol. The number of carbonyl (C=O) groups is 1. The fraction of sp³-hybridized carbons (Fsp3) is 0.232. The number of aromatic amines is 4. The first-order valence-electron chi connectivity index (χ1n) is 33.3. The van der Waals surface area contributed by atoms with Crippen LogP contribution >= 0.6 is 0 Å². The van der Waals surface area contributed by atoms with Crippen molar-refractivity contribution in [2.75, 3.05) is 72.1 Å². The van der Waals surface area contributed by atoms with Crippen LogP contribution in [0.5, 0.6) is 0 Å². The van der Waals surface area contributed by atoms with E-state index in [1.54, 1.807) is 46.8 Å². The van der Waals surface area contributed by atoms with Crippen molar-refractivity contribution in [2.45, 2.75) is 98.1 Å². The first-order chi connectivity index (χ1) is 52.3. The molecule has 12 aromatic rings. The average Bonchev–Trinajstić information content (AvgIpc) is 1.41. The molecule has 0 saturated heterocycles. The minimum absolute atomic E-state index is 0.0366. The number of alkyl halides is 3. The number of esters is 1. The molecule has 8 heterocycles. The lowest BCUT2D eigenvalue weighted by molar-refractivity contribution is -0.141. The van der Waals surface area contributed by atoms with Crippen LogP contribution in [-0.4, -0.2) is 93.2 Å². The van der Waals surface area contributed by atoms with Gasteiger partial charge < -0.3 is 70.2 Å². The fourth-order valence-electron chi connectivity index (χ4n) is 10.2. The summed E-state index contributed by atoms with van der Waals surface area (Å²) in [6, 6.07) is 23.5. The molecule has 110 heavy (non-hydrogen) atoms. The van der Waals surface area contributed by atoms with Crippen LogP contribution in [0.4, 0.5) is 142 Å². The Kier molecular flexibility index (Phi) is 26.7. The number of aromatic nitrogens is 16. The molecule has 4 unspecified atom stereocenters. The van der Waals surface area contributed by atoms with E-state index >= 15 is 0 Å². The van der Waals surface area contributed by atoms with Crippen molar-refractivity contribution in [3.63, 3.8) is 0 Å². The van der Waals surface area contributed by atoms with E-state index < -0.39 is 88.5 Å². The quantitative estimate of drug-likeness (QED) is 0.0187. The van der Waals surface area contributed by atoms with Crippen molar-refractivity contribution >= 4 is 99.6 Å². The Labute approximate surface area is 618 Å². The van der Waals surface area contributed by atoms with Crippen LogP contribution in [0.3, 0.4) is 0 Å². The normalized spacial score (nSPS) is 12.1. The highest BCUT2D eigenvalue weighted by Crippen LogP contribution is 2.32. The van der Waals surface area contributed by atoms with Crippen LogP contribution in [0.25, 0.3) is 0 Å². The predicted octanol–water partition coefficient (Wildman–Crippen LogP) is 14.6. The number of ether oxygens (including phenoxy) is 1. The molecule has 0 radical (unpaired) electrons. The van der Waals surface area contributed by atoms with E-state index in [1.807, 2.05) is 24.2 Å². The van der Waals surface area contributed by atoms with Gasteiger partial charge in [0, 0.05) is 106 Å². The third-order valence-electron chi connectivity index (χ3n) is 15.3. The zero-order valence-corrected chi connectivity index (χ0v) is 59.3. The highest BCUT2D eigenvalue weighted by molar-refractivity contribution is 5.88. The lowest BCUT2D eigenvalue weighted by Crippen LogP contribution is -2.12. The minimum Gasteiger partial charge on any atom is -0.461 e. The molecule has 0 bridgehead atoms. The molecule has 0 amide bonds. The number of nitrogens with one attached hydrogen (secondary N) is 12. The van der Waals surface area contributed by atoms with Gasteiger partial charge in [0.2, 0.25) is 23.8 Å². The standard InChI is InChI=1S/C18H19F2N7O2.C18H21F2N7.C17H19F2N7.C16H14F5N7/c1-3-29-17(28)13-7-16(27-26-13)23-15-8-14(24-18(21)25-15)22-9(2)11-5-4-10(19)6-12(11)20;1-3-4-12-8-17(27-26-12)23-16-9-15(24-18(21)25-16)22-10(2)13-6-5-11(19)7-14(13)20;1-3-11-7-16(26-25-11)22-15-8-14(23-17(20)24-15)21-9(2)12-5-4-10(18)6-13(12)19;1-7(9-3-2-8(17)4-10(9)18)23-12-6-13(26-15(22)25-12)24-14-5-11(27-28-14)16(19,20)21/h4-9H,3H2,1-2H3,(H5,21,22,23,24,25,26,27);5-10H,3-4H2,1-2H3,(H5,21,22,23,24,25,26,27);4-9H,3H2,1-2H3,(H5,20,21,22,23,24,25,26);2-7H,1H3,(H5,22,23,24,25,26,27,28). The van der Waals surface area contributed by atoms with E-state index in [1.165, 1.54) is 60.7 Å². The van der Waals surface area contributed by atoms with Gasteiger partial charge >= 0.3 is 12.1 Å². The average molecular weight is 1540 g/mol. The van der Waals surface area contributed by atoms with Crippen molar-refractivity contribution in [2.24, 2.45) is 0 Å². The molecule has 0 aliphatic rings.